The van der Waals surface area contributed by atoms with E-state index in [1.165, 1.54) is 0 Å². The highest BCUT2D eigenvalue weighted by molar-refractivity contribution is 9.11. The topological polar surface area (TPSA) is 18.5 Å². The largest absolute Gasteiger partial charge is 0.496 e. The summed E-state index contributed by atoms with van der Waals surface area (Å²) in [5.41, 5.74) is 0. The van der Waals surface area contributed by atoms with E-state index >= 15 is 0 Å². The van der Waals surface area contributed by atoms with Crippen LogP contribution in [0.2, 0.25) is 0 Å². The number of methoxy groups -OCH3 is 1. The Bertz CT molecular complexity index is 345. The van der Waals surface area contributed by atoms with Crippen molar-refractivity contribution in [2.24, 2.45) is 0 Å². The van der Waals surface area contributed by atoms with Crippen molar-refractivity contribution in [1.82, 2.24) is 0 Å². The van der Waals surface area contributed by atoms with E-state index in [9.17, 15) is 0 Å². The number of unbranched alkanes of at least 4 members (excludes halogenated alkanes) is 1. The molecule has 0 saturated heterocycles. The second kappa shape index (κ2) is 7.45. The average Bonchev–Trinajstić information content (AvgIpc) is 2.28. The highest BCUT2D eigenvalue weighted by atomic mass is 79.9. The van der Waals surface area contributed by atoms with Crippen LogP contribution < -0.4 is 9.47 Å². The monoisotopic (exact) mass is 368 g/mol. The van der Waals surface area contributed by atoms with E-state index < -0.39 is 0 Å². The van der Waals surface area contributed by atoms with Gasteiger partial charge in [-0.05, 0) is 62.6 Å². The fraction of sp³-hybridized carbons (Fsp3) is 0.455. The highest BCUT2D eigenvalue weighted by Gasteiger charge is 2.07. The average molecular weight is 370 g/mol. The fourth-order valence-electron chi connectivity index (χ4n) is 1.17. The summed E-state index contributed by atoms with van der Waals surface area (Å²) < 4.78 is 12.6. The number of thiol groups is 1. The summed E-state index contributed by atoms with van der Waals surface area (Å²) >= 11 is 11.0. The van der Waals surface area contributed by atoms with Gasteiger partial charge in [-0.3, -0.25) is 0 Å². The minimum absolute atomic E-state index is 0.706. The van der Waals surface area contributed by atoms with Crippen LogP contribution in [0.3, 0.4) is 0 Å². The zero-order valence-corrected chi connectivity index (χ0v) is 13.1. The number of hydrogen-bond donors (Lipinski definition) is 1. The zero-order valence-electron chi connectivity index (χ0n) is 9.00. The molecule has 0 atom stereocenters. The van der Waals surface area contributed by atoms with Gasteiger partial charge in [-0.1, -0.05) is 0 Å². The molecular formula is C11H14Br2O2S. The van der Waals surface area contributed by atoms with Crippen LogP contribution >= 0.6 is 44.5 Å². The van der Waals surface area contributed by atoms with Crippen LogP contribution in [0.25, 0.3) is 0 Å². The number of ether oxygens (including phenoxy) is 2. The molecule has 0 amide bonds. The van der Waals surface area contributed by atoms with Gasteiger partial charge in [0.15, 0.2) is 0 Å². The smallest absolute Gasteiger partial charge is 0.134 e. The maximum absolute atomic E-state index is 5.65. The van der Waals surface area contributed by atoms with Crippen molar-refractivity contribution >= 4 is 44.5 Å². The summed E-state index contributed by atoms with van der Waals surface area (Å²) in [6.45, 7) is 0.706. The van der Waals surface area contributed by atoms with Crippen LogP contribution in [0, 0.1) is 0 Å². The predicted molar refractivity (Wildman–Crippen MR) is 77.0 cm³/mol. The Labute approximate surface area is 118 Å². The zero-order chi connectivity index (χ0) is 12.0. The van der Waals surface area contributed by atoms with Crippen molar-refractivity contribution in [2.75, 3.05) is 19.5 Å². The van der Waals surface area contributed by atoms with Gasteiger partial charge >= 0.3 is 0 Å². The van der Waals surface area contributed by atoms with Crippen molar-refractivity contribution in [3.63, 3.8) is 0 Å². The molecule has 0 radical (unpaired) electrons. The fourth-order valence-corrected chi connectivity index (χ4v) is 2.32. The third-order valence-electron chi connectivity index (χ3n) is 2.02. The summed E-state index contributed by atoms with van der Waals surface area (Å²) in [6, 6.07) is 3.79. The van der Waals surface area contributed by atoms with Crippen molar-refractivity contribution in [1.29, 1.82) is 0 Å². The van der Waals surface area contributed by atoms with Crippen molar-refractivity contribution in [3.05, 3.63) is 21.1 Å². The van der Waals surface area contributed by atoms with Crippen LogP contribution in [0.4, 0.5) is 0 Å². The number of halogens is 2. The van der Waals surface area contributed by atoms with Gasteiger partial charge in [-0.15, -0.1) is 0 Å². The molecule has 90 valence electrons. The Morgan fingerprint density at radius 3 is 2.38 bits per heavy atom. The SMILES string of the molecule is COc1cc(Br)c(OCCCCS)cc1Br. The van der Waals surface area contributed by atoms with Crippen molar-refractivity contribution < 1.29 is 9.47 Å². The van der Waals surface area contributed by atoms with Gasteiger partial charge < -0.3 is 9.47 Å². The molecule has 0 spiro atoms. The molecule has 1 rings (SSSR count). The van der Waals surface area contributed by atoms with Crippen LogP contribution in [-0.2, 0) is 0 Å². The molecule has 0 heterocycles. The number of benzene rings is 1. The quantitative estimate of drug-likeness (QED) is 0.595. The Hall–Kier alpha value is 0.130. The molecule has 0 aliphatic rings. The summed E-state index contributed by atoms with van der Waals surface area (Å²) in [5, 5.41) is 0. The van der Waals surface area contributed by atoms with Gasteiger partial charge in [0.1, 0.15) is 11.5 Å². The van der Waals surface area contributed by atoms with E-state index in [0.717, 1.165) is 39.0 Å². The number of hydrogen-bond acceptors (Lipinski definition) is 3. The van der Waals surface area contributed by atoms with Gasteiger partial charge in [0.05, 0.1) is 22.7 Å². The minimum Gasteiger partial charge on any atom is -0.496 e. The van der Waals surface area contributed by atoms with Gasteiger partial charge in [0.2, 0.25) is 0 Å². The Kier molecular flexibility index (Phi) is 6.61. The summed E-state index contributed by atoms with van der Waals surface area (Å²) in [4.78, 5) is 0. The molecule has 0 N–H and O–H groups in total. The second-order valence-electron chi connectivity index (χ2n) is 3.20. The maximum Gasteiger partial charge on any atom is 0.134 e. The van der Waals surface area contributed by atoms with E-state index in [1.54, 1.807) is 7.11 Å². The molecule has 0 unspecified atom stereocenters. The van der Waals surface area contributed by atoms with Gasteiger partial charge in [-0.25, -0.2) is 0 Å². The van der Waals surface area contributed by atoms with E-state index in [-0.39, 0.29) is 0 Å². The molecule has 16 heavy (non-hydrogen) atoms. The van der Waals surface area contributed by atoms with Gasteiger partial charge in [0, 0.05) is 0 Å². The third kappa shape index (κ3) is 4.18. The predicted octanol–water partition coefficient (Wildman–Crippen LogP) is 4.31. The van der Waals surface area contributed by atoms with E-state index in [0.29, 0.717) is 6.61 Å². The Balaban J connectivity index is 2.63. The molecule has 0 saturated carbocycles. The lowest BCUT2D eigenvalue weighted by atomic mass is 10.3. The summed E-state index contributed by atoms with van der Waals surface area (Å²) in [7, 11) is 1.64. The summed E-state index contributed by atoms with van der Waals surface area (Å²) in [6.07, 6.45) is 2.08. The molecule has 0 aromatic heterocycles. The molecule has 1 aromatic rings. The minimum atomic E-state index is 0.706. The first kappa shape index (κ1) is 14.2. The standard InChI is InChI=1S/C11H14Br2O2S/c1-14-10-6-9(13)11(7-8(10)12)15-4-2-3-5-16/h6-7,16H,2-5H2,1H3. The lowest BCUT2D eigenvalue weighted by Crippen LogP contribution is -1.98. The molecule has 5 heteroatoms. The lowest BCUT2D eigenvalue weighted by Gasteiger charge is -2.10. The van der Waals surface area contributed by atoms with E-state index in [1.807, 2.05) is 12.1 Å². The molecule has 2 nitrogen and oxygen atoms in total. The first-order valence-corrected chi connectivity index (χ1v) is 7.17. The summed E-state index contributed by atoms with van der Waals surface area (Å²) in [5.74, 6) is 2.51. The normalized spacial score (nSPS) is 10.2. The first-order valence-electron chi connectivity index (χ1n) is 4.95. The molecule has 1 aromatic carbocycles. The molecule has 0 aliphatic heterocycles. The van der Waals surface area contributed by atoms with Gasteiger partial charge in [-0.2, -0.15) is 12.6 Å². The Morgan fingerprint density at radius 2 is 1.75 bits per heavy atom. The molecular weight excluding hydrogens is 356 g/mol. The van der Waals surface area contributed by atoms with E-state index in [4.69, 9.17) is 9.47 Å². The van der Waals surface area contributed by atoms with E-state index in [2.05, 4.69) is 44.5 Å². The van der Waals surface area contributed by atoms with Crippen LogP contribution in [0.15, 0.2) is 21.1 Å². The lowest BCUT2D eigenvalue weighted by molar-refractivity contribution is 0.307. The number of rotatable bonds is 6. The molecule has 0 fully saturated rings. The van der Waals surface area contributed by atoms with Crippen molar-refractivity contribution in [2.45, 2.75) is 12.8 Å². The van der Waals surface area contributed by atoms with Crippen LogP contribution in [-0.4, -0.2) is 19.5 Å². The first-order chi connectivity index (χ1) is 7.69. The Morgan fingerprint density at radius 1 is 1.12 bits per heavy atom. The third-order valence-corrected chi connectivity index (χ3v) is 3.57. The highest BCUT2D eigenvalue weighted by Crippen LogP contribution is 2.35. The van der Waals surface area contributed by atoms with Gasteiger partial charge in [0.25, 0.3) is 0 Å². The molecule has 0 bridgehead atoms. The van der Waals surface area contributed by atoms with Crippen LogP contribution in [0.5, 0.6) is 11.5 Å². The maximum atomic E-state index is 5.65. The van der Waals surface area contributed by atoms with Crippen molar-refractivity contribution in [3.8, 4) is 11.5 Å². The second-order valence-corrected chi connectivity index (χ2v) is 5.35. The van der Waals surface area contributed by atoms with Crippen LogP contribution in [0.1, 0.15) is 12.8 Å². The molecule has 0 aliphatic carbocycles.